The van der Waals surface area contributed by atoms with Crippen LogP contribution in [-0.2, 0) is 13.6 Å². The van der Waals surface area contributed by atoms with E-state index in [9.17, 15) is 0 Å². The van der Waals surface area contributed by atoms with Gasteiger partial charge in [0.15, 0.2) is 0 Å². The number of imidazole rings is 1. The van der Waals surface area contributed by atoms with Crippen molar-refractivity contribution in [1.29, 1.82) is 0 Å². The smallest absolute Gasteiger partial charge is 0.139 e. The van der Waals surface area contributed by atoms with E-state index >= 15 is 0 Å². The Bertz CT molecular complexity index is 970. The molecule has 0 atom stereocenters. The molecule has 25 heavy (non-hydrogen) atoms. The molecule has 6 heteroatoms. The Hall–Kier alpha value is -3.41. The molecule has 0 fully saturated rings. The molecule has 0 aliphatic rings. The Balaban J connectivity index is 1.47. The lowest BCUT2D eigenvalue weighted by molar-refractivity contribution is 0.924. The molecule has 4 aromatic rings. The molecule has 3 heterocycles. The number of hydrogen-bond donors (Lipinski definition) is 2. The lowest BCUT2D eigenvalue weighted by atomic mass is 10.2. The summed E-state index contributed by atoms with van der Waals surface area (Å²) in [6.45, 7) is 0.657. The maximum atomic E-state index is 4.39. The summed E-state index contributed by atoms with van der Waals surface area (Å²) in [4.78, 5) is 8.71. The lowest BCUT2D eigenvalue weighted by Gasteiger charge is -2.07. The monoisotopic (exact) mass is 330 g/mol. The number of pyridine rings is 1. The molecule has 124 valence electrons. The topological polar surface area (TPSA) is 71.4 Å². The summed E-state index contributed by atoms with van der Waals surface area (Å²) in [5.74, 6) is 0.947. The van der Waals surface area contributed by atoms with Crippen molar-refractivity contribution in [3.63, 3.8) is 0 Å². The molecule has 0 unspecified atom stereocenters. The number of benzene rings is 1. The van der Waals surface area contributed by atoms with E-state index in [1.807, 2.05) is 54.2 Å². The van der Waals surface area contributed by atoms with Crippen LogP contribution in [0.25, 0.3) is 22.8 Å². The van der Waals surface area contributed by atoms with Crippen molar-refractivity contribution in [2.24, 2.45) is 7.05 Å². The Morgan fingerprint density at radius 1 is 1.00 bits per heavy atom. The highest BCUT2D eigenvalue weighted by molar-refractivity contribution is 5.63. The summed E-state index contributed by atoms with van der Waals surface area (Å²) < 4.78 is 2.01. The van der Waals surface area contributed by atoms with Gasteiger partial charge in [0.2, 0.25) is 0 Å². The van der Waals surface area contributed by atoms with Gasteiger partial charge in [-0.2, -0.15) is 5.10 Å². The minimum atomic E-state index is 0.657. The van der Waals surface area contributed by atoms with Gasteiger partial charge in [0.1, 0.15) is 11.5 Å². The van der Waals surface area contributed by atoms with Crippen molar-refractivity contribution >= 4 is 5.69 Å². The second-order valence-corrected chi connectivity index (χ2v) is 5.79. The number of aromatic amines is 1. The predicted molar refractivity (Wildman–Crippen MR) is 97.8 cm³/mol. The zero-order valence-corrected chi connectivity index (χ0v) is 13.8. The number of aryl methyl sites for hydroxylation is 1. The summed E-state index contributed by atoms with van der Waals surface area (Å²) in [7, 11) is 1.99. The molecule has 0 spiro atoms. The minimum absolute atomic E-state index is 0.657. The van der Waals surface area contributed by atoms with Gasteiger partial charge in [-0.15, -0.1) is 0 Å². The standard InChI is InChI=1S/C19H18N6/c1-25-10-9-21-19(25)14-5-4-6-15(11-14)22-13-16-12-18(24-23-16)17-7-2-3-8-20-17/h2-12,22H,13H2,1H3,(H,23,24). The largest absolute Gasteiger partial charge is 0.379 e. The van der Waals surface area contributed by atoms with Crippen LogP contribution in [0.3, 0.4) is 0 Å². The van der Waals surface area contributed by atoms with E-state index in [-0.39, 0.29) is 0 Å². The molecule has 0 saturated carbocycles. The first-order valence-electron chi connectivity index (χ1n) is 8.07. The molecule has 0 saturated heterocycles. The van der Waals surface area contributed by atoms with E-state index in [1.54, 1.807) is 12.4 Å². The fourth-order valence-electron chi connectivity index (χ4n) is 2.71. The SMILES string of the molecule is Cn1ccnc1-c1cccc(NCc2cc(-c3ccccn3)n[nH]2)c1. The van der Waals surface area contributed by atoms with E-state index in [0.717, 1.165) is 34.2 Å². The average molecular weight is 330 g/mol. The van der Waals surface area contributed by atoms with Crippen molar-refractivity contribution in [2.45, 2.75) is 6.54 Å². The third-order valence-corrected chi connectivity index (χ3v) is 3.98. The Morgan fingerprint density at radius 3 is 2.76 bits per heavy atom. The Kier molecular flexibility index (Phi) is 4.00. The highest BCUT2D eigenvalue weighted by atomic mass is 15.1. The molecule has 3 aromatic heterocycles. The maximum absolute atomic E-state index is 4.39. The Labute approximate surface area is 145 Å². The number of H-pyrrole nitrogens is 1. The van der Waals surface area contributed by atoms with Gasteiger partial charge in [0.25, 0.3) is 0 Å². The van der Waals surface area contributed by atoms with Crippen LogP contribution in [0.4, 0.5) is 5.69 Å². The molecule has 0 aliphatic carbocycles. The van der Waals surface area contributed by atoms with Gasteiger partial charge in [0, 0.05) is 36.9 Å². The van der Waals surface area contributed by atoms with Crippen molar-refractivity contribution < 1.29 is 0 Å². The second kappa shape index (κ2) is 6.60. The van der Waals surface area contributed by atoms with Crippen molar-refractivity contribution in [2.75, 3.05) is 5.32 Å². The van der Waals surface area contributed by atoms with E-state index in [0.29, 0.717) is 6.54 Å². The van der Waals surface area contributed by atoms with Crippen LogP contribution < -0.4 is 5.32 Å². The van der Waals surface area contributed by atoms with Gasteiger partial charge in [-0.25, -0.2) is 4.98 Å². The first-order valence-corrected chi connectivity index (χ1v) is 8.07. The number of hydrogen-bond acceptors (Lipinski definition) is 4. The summed E-state index contributed by atoms with van der Waals surface area (Å²) in [5, 5.41) is 10.8. The first kappa shape index (κ1) is 15.1. The molecule has 0 aliphatic heterocycles. The van der Waals surface area contributed by atoms with Crippen LogP contribution in [0.15, 0.2) is 67.1 Å². The minimum Gasteiger partial charge on any atom is -0.379 e. The highest BCUT2D eigenvalue weighted by Crippen LogP contribution is 2.21. The van der Waals surface area contributed by atoms with Crippen LogP contribution in [0.1, 0.15) is 5.69 Å². The van der Waals surface area contributed by atoms with E-state index in [1.165, 1.54) is 0 Å². The molecule has 6 nitrogen and oxygen atoms in total. The molecule has 0 radical (unpaired) electrons. The van der Waals surface area contributed by atoms with Gasteiger partial charge in [-0.05, 0) is 30.3 Å². The van der Waals surface area contributed by atoms with Crippen molar-refractivity contribution in [3.8, 4) is 22.8 Å². The normalized spacial score (nSPS) is 10.8. The van der Waals surface area contributed by atoms with Crippen LogP contribution in [0.5, 0.6) is 0 Å². The second-order valence-electron chi connectivity index (χ2n) is 5.79. The molecule has 4 rings (SSSR count). The van der Waals surface area contributed by atoms with Crippen LogP contribution in [0, 0.1) is 0 Å². The number of nitrogens with zero attached hydrogens (tertiary/aromatic N) is 4. The van der Waals surface area contributed by atoms with Gasteiger partial charge < -0.3 is 9.88 Å². The summed E-state index contributed by atoms with van der Waals surface area (Å²) in [6.07, 6.45) is 5.52. The van der Waals surface area contributed by atoms with Gasteiger partial charge in [-0.1, -0.05) is 18.2 Å². The molecular formula is C19H18N6. The van der Waals surface area contributed by atoms with Crippen LogP contribution >= 0.6 is 0 Å². The van der Waals surface area contributed by atoms with Crippen molar-refractivity contribution in [3.05, 3.63) is 72.8 Å². The third kappa shape index (κ3) is 3.28. The van der Waals surface area contributed by atoms with E-state index in [2.05, 4.69) is 37.6 Å². The number of aromatic nitrogens is 5. The van der Waals surface area contributed by atoms with E-state index < -0.39 is 0 Å². The van der Waals surface area contributed by atoms with Crippen molar-refractivity contribution in [1.82, 2.24) is 24.7 Å². The maximum Gasteiger partial charge on any atom is 0.139 e. The quantitative estimate of drug-likeness (QED) is 0.588. The molecule has 2 N–H and O–H groups in total. The van der Waals surface area contributed by atoms with Gasteiger partial charge in [0.05, 0.1) is 17.9 Å². The summed E-state index contributed by atoms with van der Waals surface area (Å²) in [5.41, 5.74) is 4.83. The van der Waals surface area contributed by atoms with Crippen LogP contribution in [0.2, 0.25) is 0 Å². The molecule has 0 bridgehead atoms. The summed E-state index contributed by atoms with van der Waals surface area (Å²) in [6, 6.07) is 16.0. The lowest BCUT2D eigenvalue weighted by Crippen LogP contribution is -2.00. The first-order chi connectivity index (χ1) is 12.3. The Morgan fingerprint density at radius 2 is 1.96 bits per heavy atom. The van der Waals surface area contributed by atoms with Gasteiger partial charge >= 0.3 is 0 Å². The van der Waals surface area contributed by atoms with Crippen LogP contribution in [-0.4, -0.2) is 24.7 Å². The number of anilines is 1. The zero-order valence-electron chi connectivity index (χ0n) is 13.8. The van der Waals surface area contributed by atoms with E-state index in [4.69, 9.17) is 0 Å². The zero-order chi connectivity index (χ0) is 17.1. The van der Waals surface area contributed by atoms with Gasteiger partial charge in [-0.3, -0.25) is 10.1 Å². The average Bonchev–Trinajstić information content (AvgIpc) is 3.30. The fourth-order valence-corrected chi connectivity index (χ4v) is 2.71. The number of rotatable bonds is 5. The molecule has 1 aromatic carbocycles. The molecular weight excluding hydrogens is 312 g/mol. The number of nitrogens with one attached hydrogen (secondary N) is 2. The highest BCUT2D eigenvalue weighted by Gasteiger charge is 2.06. The predicted octanol–water partition coefficient (Wildman–Crippen LogP) is 3.48. The third-order valence-electron chi connectivity index (χ3n) is 3.98. The molecule has 0 amide bonds. The summed E-state index contributed by atoms with van der Waals surface area (Å²) >= 11 is 0. The fraction of sp³-hybridized carbons (Fsp3) is 0.105.